The minimum atomic E-state index is -4.40. The molecule has 8 heteroatoms. The number of halogens is 4. The number of hydrogen-bond acceptors (Lipinski definition) is 3. The number of nitrogens with two attached hydrogens (primary N) is 1. The minimum absolute atomic E-state index is 0. The van der Waals surface area contributed by atoms with Crippen LogP contribution in [0.3, 0.4) is 0 Å². The van der Waals surface area contributed by atoms with E-state index in [0.717, 1.165) is 5.56 Å². The summed E-state index contributed by atoms with van der Waals surface area (Å²) < 4.78 is 35.6. The Morgan fingerprint density at radius 2 is 2.06 bits per heavy atom. The lowest BCUT2D eigenvalue weighted by Gasteiger charge is -2.09. The first-order chi connectivity index (χ1) is 7.78. The number of thioether (sulfide) groups is 1. The fourth-order valence-corrected chi connectivity index (χ4v) is 1.47. The number of carbonyl (C=O) groups excluding carboxylic acids is 1. The molecule has 0 aliphatic carbocycles. The van der Waals surface area contributed by atoms with Gasteiger partial charge in [0.15, 0.2) is 0 Å². The maximum Gasteiger partial charge on any atom is 0.442 e. The maximum absolute atomic E-state index is 11.9. The molecule has 0 aliphatic rings. The smallest absolute Gasteiger partial charge is 0.399 e. The number of nitrogen functional groups attached to an aromatic ring is 1. The standard InChI is InChI=1S/C10H11F3N2OS.ClH/c1-6-2-3-7(14)4-8(6)15-9(16)5-17-10(11,12)13;/h2-4H,5,14H2,1H3,(H,15,16);1H. The number of hydrogen-bond donors (Lipinski definition) is 2. The van der Waals surface area contributed by atoms with Gasteiger partial charge in [0.2, 0.25) is 5.91 Å². The molecular weight excluding hydrogens is 289 g/mol. The molecule has 0 aliphatic heterocycles. The Morgan fingerprint density at radius 1 is 1.44 bits per heavy atom. The van der Waals surface area contributed by atoms with Crippen molar-refractivity contribution in [2.45, 2.75) is 12.4 Å². The number of carbonyl (C=O) groups is 1. The topological polar surface area (TPSA) is 55.1 Å². The first-order valence-electron chi connectivity index (χ1n) is 4.64. The van der Waals surface area contributed by atoms with Gasteiger partial charge >= 0.3 is 5.51 Å². The minimum Gasteiger partial charge on any atom is -0.399 e. The summed E-state index contributed by atoms with van der Waals surface area (Å²) in [6, 6.07) is 4.84. The van der Waals surface area contributed by atoms with Crippen LogP contribution >= 0.6 is 24.2 Å². The van der Waals surface area contributed by atoms with E-state index >= 15 is 0 Å². The largest absolute Gasteiger partial charge is 0.442 e. The molecule has 3 nitrogen and oxygen atoms in total. The van der Waals surface area contributed by atoms with Crippen molar-refractivity contribution in [2.75, 3.05) is 16.8 Å². The van der Waals surface area contributed by atoms with E-state index < -0.39 is 17.2 Å². The van der Waals surface area contributed by atoms with Gasteiger partial charge in [-0.25, -0.2) is 0 Å². The number of anilines is 2. The zero-order valence-electron chi connectivity index (χ0n) is 9.38. The summed E-state index contributed by atoms with van der Waals surface area (Å²) in [7, 11) is 0. The lowest BCUT2D eigenvalue weighted by atomic mass is 10.2. The van der Waals surface area contributed by atoms with Crippen LogP contribution in [0.1, 0.15) is 5.56 Å². The molecule has 1 rings (SSSR count). The van der Waals surface area contributed by atoms with E-state index in [1.165, 1.54) is 6.07 Å². The third-order valence-corrected chi connectivity index (χ3v) is 2.64. The molecule has 0 saturated heterocycles. The second kappa shape index (κ2) is 6.75. The van der Waals surface area contributed by atoms with Crippen molar-refractivity contribution in [2.24, 2.45) is 0 Å². The van der Waals surface area contributed by atoms with E-state index in [-0.39, 0.29) is 24.2 Å². The summed E-state index contributed by atoms with van der Waals surface area (Å²) >= 11 is -0.372. The van der Waals surface area contributed by atoms with Crippen molar-refractivity contribution in [3.05, 3.63) is 23.8 Å². The van der Waals surface area contributed by atoms with Crippen molar-refractivity contribution in [3.63, 3.8) is 0 Å². The predicted octanol–water partition coefficient (Wildman–Crippen LogP) is 3.19. The highest BCUT2D eigenvalue weighted by Gasteiger charge is 2.29. The van der Waals surface area contributed by atoms with Crippen molar-refractivity contribution in [3.8, 4) is 0 Å². The van der Waals surface area contributed by atoms with Crippen molar-refractivity contribution >= 4 is 41.5 Å². The molecule has 0 atom stereocenters. The molecule has 0 saturated carbocycles. The SMILES string of the molecule is Cc1ccc(N)cc1NC(=O)CSC(F)(F)F.Cl. The number of aryl methyl sites for hydroxylation is 1. The number of alkyl halides is 3. The molecule has 0 unspecified atom stereocenters. The van der Waals surface area contributed by atoms with Crippen LogP contribution in [0.4, 0.5) is 24.5 Å². The summed E-state index contributed by atoms with van der Waals surface area (Å²) in [5.41, 5.74) is 2.72. The highest BCUT2D eigenvalue weighted by atomic mass is 35.5. The van der Waals surface area contributed by atoms with Gasteiger partial charge in [-0.1, -0.05) is 6.07 Å². The molecule has 1 aromatic carbocycles. The van der Waals surface area contributed by atoms with Crippen LogP contribution in [0.2, 0.25) is 0 Å². The van der Waals surface area contributed by atoms with E-state index in [2.05, 4.69) is 5.32 Å². The van der Waals surface area contributed by atoms with Gasteiger partial charge in [-0.2, -0.15) is 13.2 Å². The average molecular weight is 301 g/mol. The normalized spacial score (nSPS) is 10.7. The van der Waals surface area contributed by atoms with E-state index in [1.54, 1.807) is 19.1 Å². The molecule has 0 aromatic heterocycles. The van der Waals surface area contributed by atoms with Crippen molar-refractivity contribution in [1.82, 2.24) is 0 Å². The third-order valence-electron chi connectivity index (χ3n) is 1.90. The molecule has 0 fully saturated rings. The van der Waals surface area contributed by atoms with Gasteiger partial charge in [0.25, 0.3) is 0 Å². The third kappa shape index (κ3) is 6.02. The predicted molar refractivity (Wildman–Crippen MR) is 70.0 cm³/mol. The van der Waals surface area contributed by atoms with Crippen LogP contribution in [-0.2, 0) is 4.79 Å². The molecular formula is C10H12ClF3N2OS. The van der Waals surface area contributed by atoms with Crippen LogP contribution < -0.4 is 11.1 Å². The Bertz CT molecular complexity index is 426. The monoisotopic (exact) mass is 300 g/mol. The lowest BCUT2D eigenvalue weighted by molar-refractivity contribution is -0.114. The van der Waals surface area contributed by atoms with E-state index in [4.69, 9.17) is 5.73 Å². The fourth-order valence-electron chi connectivity index (χ4n) is 1.11. The summed E-state index contributed by atoms with van der Waals surface area (Å²) in [6.07, 6.45) is 0. The van der Waals surface area contributed by atoms with Gasteiger partial charge in [0.05, 0.1) is 5.75 Å². The molecule has 102 valence electrons. The van der Waals surface area contributed by atoms with Crippen LogP contribution in [0, 0.1) is 6.92 Å². The van der Waals surface area contributed by atoms with Crippen LogP contribution in [0.25, 0.3) is 0 Å². The van der Waals surface area contributed by atoms with Crippen molar-refractivity contribution in [1.29, 1.82) is 0 Å². The Labute approximate surface area is 113 Å². The Kier molecular flexibility index (Phi) is 6.34. The zero-order valence-corrected chi connectivity index (χ0v) is 11.0. The summed E-state index contributed by atoms with van der Waals surface area (Å²) in [5, 5.41) is 2.38. The van der Waals surface area contributed by atoms with Gasteiger partial charge in [-0.05, 0) is 36.4 Å². The molecule has 0 spiro atoms. The quantitative estimate of drug-likeness (QED) is 0.843. The summed E-state index contributed by atoms with van der Waals surface area (Å²) in [6.45, 7) is 1.73. The maximum atomic E-state index is 11.9. The highest BCUT2D eigenvalue weighted by molar-refractivity contribution is 8.00. The van der Waals surface area contributed by atoms with Gasteiger partial charge in [0, 0.05) is 11.4 Å². The average Bonchev–Trinajstić information content (AvgIpc) is 2.20. The molecule has 0 radical (unpaired) electrons. The number of benzene rings is 1. The van der Waals surface area contributed by atoms with E-state index in [9.17, 15) is 18.0 Å². The highest BCUT2D eigenvalue weighted by Crippen LogP contribution is 2.30. The van der Waals surface area contributed by atoms with E-state index in [1.807, 2.05) is 0 Å². The Hall–Kier alpha value is -1.08. The first-order valence-corrected chi connectivity index (χ1v) is 5.63. The van der Waals surface area contributed by atoms with E-state index in [0.29, 0.717) is 11.4 Å². The Morgan fingerprint density at radius 3 is 2.61 bits per heavy atom. The molecule has 18 heavy (non-hydrogen) atoms. The van der Waals surface area contributed by atoms with Gasteiger partial charge in [0.1, 0.15) is 0 Å². The zero-order chi connectivity index (χ0) is 13.1. The summed E-state index contributed by atoms with van der Waals surface area (Å²) in [5.74, 6) is -1.38. The number of rotatable bonds is 3. The molecule has 0 heterocycles. The van der Waals surface area contributed by atoms with Crippen molar-refractivity contribution < 1.29 is 18.0 Å². The van der Waals surface area contributed by atoms with Gasteiger partial charge < -0.3 is 11.1 Å². The second-order valence-corrected chi connectivity index (χ2v) is 4.40. The fraction of sp³-hybridized carbons (Fsp3) is 0.300. The van der Waals surface area contributed by atoms with Gasteiger partial charge in [-0.3, -0.25) is 4.79 Å². The second-order valence-electron chi connectivity index (χ2n) is 3.36. The number of amides is 1. The molecule has 1 aromatic rings. The first kappa shape index (κ1) is 16.9. The van der Waals surface area contributed by atoms with Gasteiger partial charge in [-0.15, -0.1) is 12.4 Å². The molecule has 0 bridgehead atoms. The van der Waals surface area contributed by atoms with Crippen LogP contribution in [-0.4, -0.2) is 17.2 Å². The van der Waals surface area contributed by atoms with Crippen LogP contribution in [0.15, 0.2) is 18.2 Å². The Balaban J connectivity index is 0.00000289. The lowest BCUT2D eigenvalue weighted by Crippen LogP contribution is -2.17. The number of nitrogens with one attached hydrogen (secondary N) is 1. The van der Waals surface area contributed by atoms with Crippen LogP contribution in [0.5, 0.6) is 0 Å². The summed E-state index contributed by atoms with van der Waals surface area (Å²) in [4.78, 5) is 11.2. The molecule has 3 N–H and O–H groups in total. The molecule has 1 amide bonds.